The lowest BCUT2D eigenvalue weighted by Crippen LogP contribution is -1.96. The van der Waals surface area contributed by atoms with Crippen LogP contribution in [0.25, 0.3) is 78.1 Å². The van der Waals surface area contributed by atoms with Gasteiger partial charge < -0.3 is 4.42 Å². The van der Waals surface area contributed by atoms with E-state index in [1.807, 2.05) is 54.9 Å². The van der Waals surface area contributed by atoms with E-state index in [1.54, 1.807) is 12.4 Å². The molecule has 5 heteroatoms. The molecule has 0 fully saturated rings. The van der Waals surface area contributed by atoms with Crippen molar-refractivity contribution in [2.45, 2.75) is 0 Å². The van der Waals surface area contributed by atoms with Crippen molar-refractivity contribution in [3.63, 3.8) is 0 Å². The Hall–Kier alpha value is -5.94. The largest absolute Gasteiger partial charge is 0.456 e. The number of hydrogen-bond acceptors (Lipinski definition) is 5. The predicted octanol–water partition coefficient (Wildman–Crippen LogP) is 9.50. The molecule has 0 amide bonds. The molecule has 4 heterocycles. The van der Waals surface area contributed by atoms with Gasteiger partial charge in [0.1, 0.15) is 11.2 Å². The second-order valence-electron chi connectivity index (χ2n) is 10.4. The van der Waals surface area contributed by atoms with E-state index in [9.17, 15) is 0 Å². The first-order valence-electron chi connectivity index (χ1n) is 14.1. The van der Waals surface area contributed by atoms with Crippen LogP contribution in [0, 0.1) is 0 Å². The number of fused-ring (bicyclic) bond motifs is 3. The molecule has 0 spiro atoms. The summed E-state index contributed by atoms with van der Waals surface area (Å²) in [5.74, 6) is 0.662. The highest BCUT2D eigenvalue weighted by molar-refractivity contribution is 6.06. The SMILES string of the molecule is c1cncc(-c2ccc(-c3nc(-c4ccc(-c5ccc6oc7ccccc7c6c5)cc4)cc(-c4cccnc4)n3)cc2)c1. The molecular formula is C38H24N4O. The van der Waals surface area contributed by atoms with Gasteiger partial charge in [-0.25, -0.2) is 9.97 Å². The number of furan rings is 1. The van der Waals surface area contributed by atoms with Crippen LogP contribution in [0.1, 0.15) is 0 Å². The van der Waals surface area contributed by atoms with Crippen LogP contribution < -0.4 is 0 Å². The minimum atomic E-state index is 0.662. The van der Waals surface area contributed by atoms with Crippen molar-refractivity contribution < 1.29 is 4.42 Å². The fraction of sp³-hybridized carbons (Fsp3) is 0. The van der Waals surface area contributed by atoms with E-state index in [1.165, 1.54) is 0 Å². The maximum Gasteiger partial charge on any atom is 0.160 e. The molecule has 0 aliphatic heterocycles. The van der Waals surface area contributed by atoms with Crippen molar-refractivity contribution in [1.82, 2.24) is 19.9 Å². The summed E-state index contributed by atoms with van der Waals surface area (Å²) in [6.45, 7) is 0. The number of hydrogen-bond donors (Lipinski definition) is 0. The third kappa shape index (κ3) is 4.73. The number of nitrogens with zero attached hydrogens (tertiary/aromatic N) is 4. The van der Waals surface area contributed by atoms with Crippen LogP contribution >= 0.6 is 0 Å². The number of aromatic nitrogens is 4. The van der Waals surface area contributed by atoms with E-state index in [4.69, 9.17) is 14.4 Å². The molecule has 0 saturated carbocycles. The summed E-state index contributed by atoms with van der Waals surface area (Å²) in [7, 11) is 0. The van der Waals surface area contributed by atoms with Crippen LogP contribution in [0.5, 0.6) is 0 Å². The first-order valence-corrected chi connectivity index (χ1v) is 14.1. The third-order valence-corrected chi connectivity index (χ3v) is 7.71. The lowest BCUT2D eigenvalue weighted by molar-refractivity contribution is 0.669. The number of benzene rings is 4. The summed E-state index contributed by atoms with van der Waals surface area (Å²) in [6, 6.07) is 41.3. The lowest BCUT2D eigenvalue weighted by Gasteiger charge is -2.10. The van der Waals surface area contributed by atoms with Crippen molar-refractivity contribution >= 4 is 21.9 Å². The molecule has 0 N–H and O–H groups in total. The second-order valence-corrected chi connectivity index (χ2v) is 10.4. The van der Waals surface area contributed by atoms with Gasteiger partial charge in [0.25, 0.3) is 0 Å². The topological polar surface area (TPSA) is 64.7 Å². The van der Waals surface area contributed by atoms with Gasteiger partial charge in [-0.3, -0.25) is 9.97 Å². The molecule has 0 bridgehead atoms. The molecule has 8 aromatic rings. The average molecular weight is 553 g/mol. The maximum atomic E-state index is 6.02. The molecule has 5 nitrogen and oxygen atoms in total. The smallest absolute Gasteiger partial charge is 0.160 e. The Morgan fingerprint density at radius 1 is 0.395 bits per heavy atom. The highest BCUT2D eigenvalue weighted by atomic mass is 16.3. The summed E-state index contributed by atoms with van der Waals surface area (Å²) in [5, 5.41) is 2.24. The summed E-state index contributed by atoms with van der Waals surface area (Å²) in [6.07, 6.45) is 7.25. The monoisotopic (exact) mass is 552 g/mol. The van der Waals surface area contributed by atoms with Crippen molar-refractivity contribution in [1.29, 1.82) is 0 Å². The van der Waals surface area contributed by atoms with Gasteiger partial charge in [0.05, 0.1) is 11.4 Å². The normalized spacial score (nSPS) is 11.3. The zero-order chi connectivity index (χ0) is 28.6. The molecule has 4 aromatic heterocycles. The van der Waals surface area contributed by atoms with Crippen LogP contribution in [-0.4, -0.2) is 19.9 Å². The summed E-state index contributed by atoms with van der Waals surface area (Å²) in [5.41, 5.74) is 10.8. The highest BCUT2D eigenvalue weighted by Crippen LogP contribution is 2.34. The van der Waals surface area contributed by atoms with Gasteiger partial charge in [0.2, 0.25) is 0 Å². The average Bonchev–Trinajstić information content (AvgIpc) is 3.47. The Kier molecular flexibility index (Phi) is 6.05. The van der Waals surface area contributed by atoms with Crippen molar-refractivity contribution in [3.05, 3.63) is 146 Å². The standard InChI is InChI=1S/C38H24N4O/c1-2-8-36-32(7-1)33-21-29(17-18-37(33)43-36)25-9-13-27(14-10-25)34-22-35(31-6-4-20-40-24-31)42-38(41-34)28-15-11-26(12-16-28)30-5-3-19-39-23-30/h1-24H. The van der Waals surface area contributed by atoms with Crippen LogP contribution in [0.4, 0.5) is 0 Å². The molecule has 0 aliphatic rings. The highest BCUT2D eigenvalue weighted by Gasteiger charge is 2.13. The fourth-order valence-electron chi connectivity index (χ4n) is 5.47. The van der Waals surface area contributed by atoms with E-state index in [2.05, 4.69) is 88.8 Å². The summed E-state index contributed by atoms with van der Waals surface area (Å²) in [4.78, 5) is 18.5. The van der Waals surface area contributed by atoms with E-state index in [-0.39, 0.29) is 0 Å². The summed E-state index contributed by atoms with van der Waals surface area (Å²) >= 11 is 0. The zero-order valence-electron chi connectivity index (χ0n) is 23.1. The van der Waals surface area contributed by atoms with E-state index >= 15 is 0 Å². The van der Waals surface area contributed by atoms with Gasteiger partial charge in [0.15, 0.2) is 5.82 Å². The molecule has 4 aromatic carbocycles. The lowest BCUT2D eigenvalue weighted by atomic mass is 10.00. The van der Waals surface area contributed by atoms with Crippen LogP contribution in [0.15, 0.2) is 151 Å². The van der Waals surface area contributed by atoms with E-state index in [0.29, 0.717) is 5.82 Å². The van der Waals surface area contributed by atoms with Crippen LogP contribution in [0.2, 0.25) is 0 Å². The van der Waals surface area contributed by atoms with Crippen molar-refractivity contribution in [3.8, 4) is 56.2 Å². The molecule has 0 unspecified atom stereocenters. The molecule has 0 radical (unpaired) electrons. The Bertz CT molecular complexity index is 2210. The van der Waals surface area contributed by atoms with Gasteiger partial charge in [-0.2, -0.15) is 0 Å². The molecular weight excluding hydrogens is 528 g/mol. The molecule has 0 aliphatic carbocycles. The first kappa shape index (κ1) is 24.8. The fourth-order valence-corrected chi connectivity index (χ4v) is 5.47. The number of rotatable bonds is 5. The third-order valence-electron chi connectivity index (χ3n) is 7.71. The van der Waals surface area contributed by atoms with Crippen LogP contribution in [0.3, 0.4) is 0 Å². The minimum Gasteiger partial charge on any atom is -0.456 e. The van der Waals surface area contributed by atoms with Gasteiger partial charge in [-0.1, -0.05) is 78.9 Å². The van der Waals surface area contributed by atoms with E-state index in [0.717, 1.165) is 72.3 Å². The Balaban J connectivity index is 1.17. The molecule has 0 atom stereocenters. The molecule has 8 rings (SSSR count). The molecule has 43 heavy (non-hydrogen) atoms. The van der Waals surface area contributed by atoms with Gasteiger partial charge in [-0.15, -0.1) is 0 Å². The van der Waals surface area contributed by atoms with E-state index < -0.39 is 0 Å². The molecule has 202 valence electrons. The van der Waals surface area contributed by atoms with Crippen LogP contribution in [-0.2, 0) is 0 Å². The predicted molar refractivity (Wildman–Crippen MR) is 172 cm³/mol. The Morgan fingerprint density at radius 3 is 1.70 bits per heavy atom. The first-order chi connectivity index (χ1) is 21.3. The molecule has 0 saturated heterocycles. The minimum absolute atomic E-state index is 0.662. The Labute approximate surface area is 248 Å². The summed E-state index contributed by atoms with van der Waals surface area (Å²) < 4.78 is 6.02. The van der Waals surface area contributed by atoms with Crippen molar-refractivity contribution in [2.75, 3.05) is 0 Å². The zero-order valence-corrected chi connectivity index (χ0v) is 23.1. The van der Waals surface area contributed by atoms with Gasteiger partial charge >= 0.3 is 0 Å². The number of pyridine rings is 2. The van der Waals surface area contributed by atoms with Gasteiger partial charge in [0, 0.05) is 52.3 Å². The van der Waals surface area contributed by atoms with Gasteiger partial charge in [-0.05, 0) is 64.7 Å². The number of para-hydroxylation sites is 1. The quantitative estimate of drug-likeness (QED) is 0.213. The Morgan fingerprint density at radius 2 is 0.977 bits per heavy atom. The second kappa shape index (κ2) is 10.5. The maximum absolute atomic E-state index is 6.02. The van der Waals surface area contributed by atoms with Crippen molar-refractivity contribution in [2.24, 2.45) is 0 Å².